The van der Waals surface area contributed by atoms with Gasteiger partial charge in [-0.3, -0.25) is 4.79 Å². The summed E-state index contributed by atoms with van der Waals surface area (Å²) in [5.41, 5.74) is 0.0141. The Labute approximate surface area is 132 Å². The van der Waals surface area contributed by atoms with E-state index in [2.05, 4.69) is 11.4 Å². The highest BCUT2D eigenvalue weighted by molar-refractivity contribution is 5.96. The van der Waals surface area contributed by atoms with Crippen molar-refractivity contribution in [2.24, 2.45) is 0 Å². The van der Waals surface area contributed by atoms with E-state index < -0.39 is 5.60 Å². The normalized spacial score (nSPS) is 11.1. The van der Waals surface area contributed by atoms with Gasteiger partial charge in [-0.05, 0) is 52.3 Å². The summed E-state index contributed by atoms with van der Waals surface area (Å²) < 4.78 is 11.1. The number of nitrogens with zero attached hydrogens (tertiary/aromatic N) is 1. The van der Waals surface area contributed by atoms with Gasteiger partial charge >= 0.3 is 0 Å². The van der Waals surface area contributed by atoms with E-state index in [9.17, 15) is 10.1 Å². The predicted octanol–water partition coefficient (Wildman–Crippen LogP) is 3.49. The molecule has 0 atom stereocenters. The Bertz CT molecular complexity index is 560. The van der Waals surface area contributed by atoms with Gasteiger partial charge in [0, 0.05) is 12.3 Å². The van der Waals surface area contributed by atoms with Gasteiger partial charge in [0.05, 0.1) is 11.7 Å². The van der Waals surface area contributed by atoms with E-state index in [0.29, 0.717) is 23.6 Å². The van der Waals surface area contributed by atoms with E-state index in [0.717, 1.165) is 6.42 Å². The molecule has 0 unspecified atom stereocenters. The SMILES string of the molecule is CCCOC(C)(C)C(=O)Nc1ccc(OC(C)C)c(C#N)c1. The highest BCUT2D eigenvalue weighted by atomic mass is 16.5. The average molecular weight is 304 g/mol. The molecular weight excluding hydrogens is 280 g/mol. The molecule has 0 heterocycles. The third kappa shape index (κ3) is 5.05. The van der Waals surface area contributed by atoms with Crippen molar-refractivity contribution in [3.05, 3.63) is 23.8 Å². The molecule has 0 aliphatic heterocycles. The van der Waals surface area contributed by atoms with Crippen molar-refractivity contribution in [2.45, 2.75) is 52.7 Å². The summed E-state index contributed by atoms with van der Waals surface area (Å²) in [4.78, 5) is 12.3. The third-order valence-electron chi connectivity index (χ3n) is 2.93. The molecule has 1 aromatic rings. The lowest BCUT2D eigenvalue weighted by Crippen LogP contribution is -2.40. The second kappa shape index (κ2) is 7.81. The van der Waals surface area contributed by atoms with Crippen LogP contribution in [0.25, 0.3) is 0 Å². The summed E-state index contributed by atoms with van der Waals surface area (Å²) in [6, 6.07) is 7.09. The monoisotopic (exact) mass is 304 g/mol. The van der Waals surface area contributed by atoms with Crippen molar-refractivity contribution < 1.29 is 14.3 Å². The second-order valence-electron chi connectivity index (χ2n) is 5.80. The van der Waals surface area contributed by atoms with Crippen molar-refractivity contribution in [1.29, 1.82) is 5.26 Å². The Hall–Kier alpha value is -2.06. The second-order valence-corrected chi connectivity index (χ2v) is 5.80. The van der Waals surface area contributed by atoms with Crippen molar-refractivity contribution in [1.82, 2.24) is 0 Å². The fraction of sp³-hybridized carbons (Fsp3) is 0.529. The van der Waals surface area contributed by atoms with Crippen LogP contribution < -0.4 is 10.1 Å². The van der Waals surface area contributed by atoms with Gasteiger partial charge in [-0.1, -0.05) is 6.92 Å². The first kappa shape index (κ1) is 18.0. The molecular formula is C17H24N2O3. The van der Waals surface area contributed by atoms with Crippen molar-refractivity contribution >= 4 is 11.6 Å². The van der Waals surface area contributed by atoms with Gasteiger partial charge in [0.15, 0.2) is 0 Å². The minimum absolute atomic E-state index is 0.0195. The first-order valence-corrected chi connectivity index (χ1v) is 7.46. The number of ether oxygens (including phenoxy) is 2. The molecule has 0 aliphatic carbocycles. The van der Waals surface area contributed by atoms with Crippen LogP contribution >= 0.6 is 0 Å². The maximum absolute atomic E-state index is 12.3. The fourth-order valence-electron chi connectivity index (χ4n) is 1.76. The fourth-order valence-corrected chi connectivity index (χ4v) is 1.76. The van der Waals surface area contributed by atoms with Crippen LogP contribution in [0.1, 0.15) is 46.6 Å². The molecule has 0 fully saturated rings. The molecule has 1 amide bonds. The zero-order valence-electron chi connectivity index (χ0n) is 13.9. The van der Waals surface area contributed by atoms with Crippen LogP contribution in [0.15, 0.2) is 18.2 Å². The van der Waals surface area contributed by atoms with Gasteiger partial charge in [-0.25, -0.2) is 0 Å². The Balaban J connectivity index is 2.86. The summed E-state index contributed by atoms with van der Waals surface area (Å²) in [6.45, 7) is 9.74. The summed E-state index contributed by atoms with van der Waals surface area (Å²) in [6.07, 6.45) is 0.824. The minimum atomic E-state index is -0.921. The summed E-state index contributed by atoms with van der Waals surface area (Å²) in [5, 5.41) is 12.0. The zero-order valence-corrected chi connectivity index (χ0v) is 13.9. The van der Waals surface area contributed by atoms with Gasteiger partial charge in [0.2, 0.25) is 0 Å². The lowest BCUT2D eigenvalue weighted by molar-refractivity contribution is -0.137. The maximum atomic E-state index is 12.3. The van der Waals surface area contributed by atoms with Crippen LogP contribution in [0.4, 0.5) is 5.69 Å². The molecule has 120 valence electrons. The Kier molecular flexibility index (Phi) is 6.39. The molecule has 0 spiro atoms. The molecule has 0 aliphatic rings. The Morgan fingerprint density at radius 1 is 1.41 bits per heavy atom. The average Bonchev–Trinajstić information content (AvgIpc) is 2.46. The summed E-state index contributed by atoms with van der Waals surface area (Å²) in [5.74, 6) is 0.263. The van der Waals surface area contributed by atoms with E-state index in [-0.39, 0.29) is 12.0 Å². The van der Waals surface area contributed by atoms with Crippen molar-refractivity contribution in [2.75, 3.05) is 11.9 Å². The Morgan fingerprint density at radius 3 is 2.64 bits per heavy atom. The van der Waals surface area contributed by atoms with Gasteiger partial charge in [-0.2, -0.15) is 5.26 Å². The number of nitriles is 1. The first-order valence-electron chi connectivity index (χ1n) is 7.46. The Morgan fingerprint density at radius 2 is 2.09 bits per heavy atom. The molecule has 0 saturated heterocycles. The highest BCUT2D eigenvalue weighted by Crippen LogP contribution is 2.24. The number of nitrogens with one attached hydrogen (secondary N) is 1. The third-order valence-corrected chi connectivity index (χ3v) is 2.93. The van der Waals surface area contributed by atoms with Crippen LogP contribution in [0.2, 0.25) is 0 Å². The van der Waals surface area contributed by atoms with E-state index in [1.807, 2.05) is 20.8 Å². The van der Waals surface area contributed by atoms with Crippen LogP contribution in [-0.4, -0.2) is 24.2 Å². The van der Waals surface area contributed by atoms with Gasteiger partial charge in [0.1, 0.15) is 17.4 Å². The topological polar surface area (TPSA) is 71.3 Å². The zero-order chi connectivity index (χ0) is 16.8. The van der Waals surface area contributed by atoms with E-state index in [4.69, 9.17) is 9.47 Å². The van der Waals surface area contributed by atoms with E-state index in [1.54, 1.807) is 32.0 Å². The molecule has 0 radical (unpaired) electrons. The van der Waals surface area contributed by atoms with Gasteiger partial charge in [0.25, 0.3) is 5.91 Å². The number of hydrogen-bond donors (Lipinski definition) is 1. The molecule has 0 saturated carbocycles. The molecule has 5 heteroatoms. The van der Waals surface area contributed by atoms with Crippen LogP contribution in [0.3, 0.4) is 0 Å². The molecule has 1 aromatic carbocycles. The summed E-state index contributed by atoms with van der Waals surface area (Å²) >= 11 is 0. The minimum Gasteiger partial charge on any atom is -0.490 e. The molecule has 22 heavy (non-hydrogen) atoms. The molecule has 5 nitrogen and oxygen atoms in total. The summed E-state index contributed by atoms with van der Waals surface area (Å²) in [7, 11) is 0. The van der Waals surface area contributed by atoms with E-state index >= 15 is 0 Å². The van der Waals surface area contributed by atoms with Gasteiger partial charge in [-0.15, -0.1) is 0 Å². The maximum Gasteiger partial charge on any atom is 0.256 e. The number of amides is 1. The number of hydrogen-bond acceptors (Lipinski definition) is 4. The van der Waals surface area contributed by atoms with Crippen molar-refractivity contribution in [3.63, 3.8) is 0 Å². The highest BCUT2D eigenvalue weighted by Gasteiger charge is 2.28. The number of carbonyl (C=O) groups is 1. The molecule has 1 N–H and O–H groups in total. The largest absolute Gasteiger partial charge is 0.490 e. The number of benzene rings is 1. The quantitative estimate of drug-likeness (QED) is 0.837. The predicted molar refractivity (Wildman–Crippen MR) is 85.9 cm³/mol. The smallest absolute Gasteiger partial charge is 0.256 e. The number of anilines is 1. The van der Waals surface area contributed by atoms with Crippen LogP contribution in [-0.2, 0) is 9.53 Å². The number of carbonyl (C=O) groups excluding carboxylic acids is 1. The molecule has 1 rings (SSSR count). The lowest BCUT2D eigenvalue weighted by atomic mass is 10.1. The van der Waals surface area contributed by atoms with Crippen LogP contribution in [0.5, 0.6) is 5.75 Å². The van der Waals surface area contributed by atoms with E-state index in [1.165, 1.54) is 0 Å². The number of rotatable bonds is 7. The molecule has 0 bridgehead atoms. The standard InChI is InChI=1S/C17H24N2O3/c1-6-9-21-17(4,5)16(20)19-14-7-8-15(22-12(2)3)13(10-14)11-18/h7-8,10,12H,6,9H2,1-5H3,(H,19,20). The first-order chi connectivity index (χ1) is 10.3. The molecule has 0 aromatic heterocycles. The van der Waals surface area contributed by atoms with Crippen LogP contribution in [0, 0.1) is 11.3 Å². The van der Waals surface area contributed by atoms with Crippen molar-refractivity contribution in [3.8, 4) is 11.8 Å². The lowest BCUT2D eigenvalue weighted by Gasteiger charge is -2.24. The van der Waals surface area contributed by atoms with Gasteiger partial charge < -0.3 is 14.8 Å².